The minimum Gasteiger partial charge on any atom is -0.481 e. The van der Waals surface area contributed by atoms with Gasteiger partial charge in [-0.25, -0.2) is 0 Å². The van der Waals surface area contributed by atoms with Crippen molar-refractivity contribution in [2.75, 3.05) is 0 Å². The third-order valence-electron chi connectivity index (χ3n) is 3.32. The minimum atomic E-state index is -0.996. The number of amides is 1. The molecule has 116 valence electrons. The Hall–Kier alpha value is -2.11. The Bertz CT molecular complexity index is 611. The van der Waals surface area contributed by atoms with Gasteiger partial charge in [0.15, 0.2) is 0 Å². The quantitative estimate of drug-likeness (QED) is 0.785. The molecule has 1 heterocycles. The summed E-state index contributed by atoms with van der Waals surface area (Å²) in [5, 5.41) is 11.6. The molecule has 0 aromatic carbocycles. The van der Waals surface area contributed by atoms with Crippen molar-refractivity contribution in [3.05, 3.63) is 33.2 Å². The Morgan fingerprint density at radius 1 is 1.33 bits per heavy atom. The molecule has 0 bridgehead atoms. The summed E-state index contributed by atoms with van der Waals surface area (Å²) in [5.74, 6) is -1.54. The van der Waals surface area contributed by atoms with Crippen LogP contribution in [0.25, 0.3) is 0 Å². The molecule has 1 amide bonds. The monoisotopic (exact) mass is 294 g/mol. The number of hydrogen-bond donors (Lipinski definition) is 3. The largest absolute Gasteiger partial charge is 0.481 e. The van der Waals surface area contributed by atoms with Crippen molar-refractivity contribution >= 4 is 11.9 Å². The van der Waals surface area contributed by atoms with E-state index in [1.54, 1.807) is 19.9 Å². The van der Waals surface area contributed by atoms with Crippen molar-refractivity contribution in [3.63, 3.8) is 0 Å². The summed E-state index contributed by atoms with van der Waals surface area (Å²) in [5.41, 5.74) is 0.372. The number of H-pyrrole nitrogens is 1. The Labute approximate surface area is 123 Å². The summed E-state index contributed by atoms with van der Waals surface area (Å²) in [6.45, 7) is 8.94. The number of carboxylic acids is 1. The van der Waals surface area contributed by atoms with Gasteiger partial charge in [-0.2, -0.15) is 0 Å². The number of aliphatic carboxylic acids is 1. The lowest BCUT2D eigenvalue weighted by atomic mass is 9.84. The van der Waals surface area contributed by atoms with E-state index in [0.29, 0.717) is 11.3 Å². The van der Waals surface area contributed by atoms with E-state index in [1.165, 1.54) is 0 Å². The molecule has 21 heavy (non-hydrogen) atoms. The number of pyridine rings is 1. The van der Waals surface area contributed by atoms with Crippen molar-refractivity contribution in [3.8, 4) is 0 Å². The summed E-state index contributed by atoms with van der Waals surface area (Å²) in [7, 11) is 0. The number of hydrogen-bond acceptors (Lipinski definition) is 3. The zero-order valence-electron chi connectivity index (χ0n) is 13.0. The molecule has 0 fully saturated rings. The number of aromatic amines is 1. The first-order valence-corrected chi connectivity index (χ1v) is 6.75. The van der Waals surface area contributed by atoms with E-state index in [0.717, 1.165) is 0 Å². The molecule has 3 N–H and O–H groups in total. The van der Waals surface area contributed by atoms with Gasteiger partial charge in [0.05, 0.1) is 6.42 Å². The van der Waals surface area contributed by atoms with Gasteiger partial charge in [0.2, 0.25) is 0 Å². The molecule has 0 aliphatic rings. The molecule has 1 atom stereocenters. The molecule has 1 aromatic heterocycles. The maximum absolute atomic E-state index is 12.3. The number of carbonyl (C=O) groups is 2. The first-order chi connectivity index (χ1) is 9.52. The Morgan fingerprint density at radius 2 is 1.90 bits per heavy atom. The molecule has 0 spiro atoms. The van der Waals surface area contributed by atoms with Crippen LogP contribution in [0.5, 0.6) is 0 Å². The fourth-order valence-electron chi connectivity index (χ4n) is 2.11. The van der Waals surface area contributed by atoms with Gasteiger partial charge >= 0.3 is 5.97 Å². The van der Waals surface area contributed by atoms with Crippen molar-refractivity contribution in [1.82, 2.24) is 10.3 Å². The van der Waals surface area contributed by atoms with Crippen LogP contribution in [-0.4, -0.2) is 28.0 Å². The highest BCUT2D eigenvalue weighted by molar-refractivity contribution is 5.95. The second kappa shape index (κ2) is 6.11. The number of nitrogens with one attached hydrogen (secondary N) is 2. The van der Waals surface area contributed by atoms with Crippen LogP contribution in [-0.2, 0) is 4.79 Å². The normalized spacial score (nSPS) is 12.8. The van der Waals surface area contributed by atoms with Crippen molar-refractivity contribution in [1.29, 1.82) is 0 Å². The summed E-state index contributed by atoms with van der Waals surface area (Å²) in [6.07, 6.45) is -0.196. The second-order valence-corrected chi connectivity index (χ2v) is 6.33. The Morgan fingerprint density at radius 3 is 2.33 bits per heavy atom. The highest BCUT2D eigenvalue weighted by Crippen LogP contribution is 2.22. The molecule has 0 aliphatic heterocycles. The van der Waals surface area contributed by atoms with E-state index < -0.39 is 28.9 Å². The SMILES string of the molecule is Cc1cc(C)c(C(=O)NC(CC(=O)O)C(C)(C)C)c(=O)[nH]1. The van der Waals surface area contributed by atoms with Gasteiger partial charge in [-0.1, -0.05) is 20.8 Å². The first kappa shape index (κ1) is 16.9. The topological polar surface area (TPSA) is 99.3 Å². The molecule has 1 unspecified atom stereocenters. The third-order valence-corrected chi connectivity index (χ3v) is 3.32. The highest BCUT2D eigenvalue weighted by atomic mass is 16.4. The Balaban J connectivity index is 3.09. The van der Waals surface area contributed by atoms with Gasteiger partial charge in [-0.15, -0.1) is 0 Å². The number of aromatic nitrogens is 1. The molecular weight excluding hydrogens is 272 g/mol. The lowest BCUT2D eigenvalue weighted by molar-refractivity contribution is -0.138. The van der Waals surface area contributed by atoms with Gasteiger partial charge in [-0.05, 0) is 30.9 Å². The zero-order chi connectivity index (χ0) is 16.4. The second-order valence-electron chi connectivity index (χ2n) is 6.33. The van der Waals surface area contributed by atoms with Crippen LogP contribution >= 0.6 is 0 Å². The standard InChI is InChI=1S/C15H22N2O4/c1-8-6-9(2)16-13(20)12(8)14(21)17-10(7-11(18)19)15(3,4)5/h6,10H,7H2,1-5H3,(H,16,20)(H,17,21)(H,18,19). The number of carbonyl (C=O) groups excluding carboxylic acids is 1. The third kappa shape index (κ3) is 4.44. The predicted molar refractivity (Wildman–Crippen MR) is 79.5 cm³/mol. The number of carboxylic acid groups (broad SMARTS) is 1. The van der Waals surface area contributed by atoms with Gasteiger partial charge in [0, 0.05) is 11.7 Å². The fraction of sp³-hybridized carbons (Fsp3) is 0.533. The lowest BCUT2D eigenvalue weighted by Crippen LogP contribution is -2.46. The van der Waals surface area contributed by atoms with E-state index in [2.05, 4.69) is 10.3 Å². The molecule has 0 radical (unpaired) electrons. The molecule has 0 saturated heterocycles. The van der Waals surface area contributed by atoms with Crippen LogP contribution in [0.15, 0.2) is 10.9 Å². The lowest BCUT2D eigenvalue weighted by Gasteiger charge is -2.30. The number of rotatable bonds is 4. The van der Waals surface area contributed by atoms with Crippen molar-refractivity contribution < 1.29 is 14.7 Å². The van der Waals surface area contributed by atoms with E-state index in [1.807, 2.05) is 20.8 Å². The summed E-state index contributed by atoms with van der Waals surface area (Å²) < 4.78 is 0. The van der Waals surface area contributed by atoms with E-state index in [9.17, 15) is 14.4 Å². The predicted octanol–water partition coefficient (Wildman–Crippen LogP) is 1.61. The molecule has 1 aromatic rings. The molecule has 1 rings (SSSR count). The van der Waals surface area contributed by atoms with E-state index in [4.69, 9.17) is 5.11 Å². The van der Waals surface area contributed by atoms with Gasteiger partial charge < -0.3 is 15.4 Å². The summed E-state index contributed by atoms with van der Waals surface area (Å²) in [4.78, 5) is 37.7. The maximum atomic E-state index is 12.3. The summed E-state index contributed by atoms with van der Waals surface area (Å²) >= 11 is 0. The highest BCUT2D eigenvalue weighted by Gasteiger charge is 2.29. The van der Waals surface area contributed by atoms with Crippen LogP contribution in [0.1, 0.15) is 48.8 Å². The van der Waals surface area contributed by atoms with Gasteiger partial charge in [0.25, 0.3) is 11.5 Å². The van der Waals surface area contributed by atoms with E-state index >= 15 is 0 Å². The summed E-state index contributed by atoms with van der Waals surface area (Å²) in [6, 6.07) is 1.14. The van der Waals surface area contributed by atoms with Crippen molar-refractivity contribution in [2.24, 2.45) is 5.41 Å². The Kier molecular flexibility index (Phi) is 4.93. The smallest absolute Gasteiger partial charge is 0.305 e. The first-order valence-electron chi connectivity index (χ1n) is 6.75. The van der Waals surface area contributed by atoms with Crippen LogP contribution in [0.4, 0.5) is 0 Å². The van der Waals surface area contributed by atoms with Crippen molar-refractivity contribution in [2.45, 2.75) is 47.1 Å². The molecule has 0 aliphatic carbocycles. The average molecular weight is 294 g/mol. The van der Waals surface area contributed by atoms with Crippen LogP contribution in [0, 0.1) is 19.3 Å². The van der Waals surface area contributed by atoms with Gasteiger partial charge in [0.1, 0.15) is 5.56 Å². The molecular formula is C15H22N2O4. The minimum absolute atomic E-state index is 0.0280. The fourth-order valence-corrected chi connectivity index (χ4v) is 2.11. The van der Waals surface area contributed by atoms with Crippen LogP contribution in [0.3, 0.4) is 0 Å². The van der Waals surface area contributed by atoms with E-state index in [-0.39, 0.29) is 12.0 Å². The zero-order valence-corrected chi connectivity index (χ0v) is 13.0. The molecule has 6 heteroatoms. The van der Waals surface area contributed by atoms with Crippen LogP contribution in [0.2, 0.25) is 0 Å². The average Bonchev–Trinajstić information content (AvgIpc) is 2.24. The maximum Gasteiger partial charge on any atom is 0.305 e. The van der Waals surface area contributed by atoms with Crippen LogP contribution < -0.4 is 10.9 Å². The van der Waals surface area contributed by atoms with Gasteiger partial charge in [-0.3, -0.25) is 14.4 Å². The number of aryl methyl sites for hydroxylation is 2. The molecule has 0 saturated carbocycles. The molecule has 6 nitrogen and oxygen atoms in total.